The number of aryl methyl sites for hydroxylation is 2. The number of thiazole rings is 1. The number of guanidine groups is 1. The summed E-state index contributed by atoms with van der Waals surface area (Å²) in [5.41, 5.74) is 1.13. The standard InChI is InChI=1S/C15H26N4S/c1-4-16-15(19-13-8-6-5-7-9-13)17-10-14-18-11(2)12(3)20-14/h13H,4-10H2,1-3H3,(H2,16,17,19). The van der Waals surface area contributed by atoms with E-state index >= 15 is 0 Å². The molecule has 1 aromatic rings. The van der Waals surface area contributed by atoms with Crippen LogP contribution in [-0.4, -0.2) is 23.5 Å². The maximum absolute atomic E-state index is 4.67. The Bertz CT molecular complexity index is 427. The van der Waals surface area contributed by atoms with E-state index < -0.39 is 0 Å². The molecule has 4 nitrogen and oxygen atoms in total. The van der Waals surface area contributed by atoms with Gasteiger partial charge < -0.3 is 10.6 Å². The molecule has 1 saturated carbocycles. The van der Waals surface area contributed by atoms with Crippen LogP contribution in [0.1, 0.15) is 54.6 Å². The van der Waals surface area contributed by atoms with Gasteiger partial charge >= 0.3 is 0 Å². The molecule has 112 valence electrons. The number of hydrogen-bond donors (Lipinski definition) is 2. The molecular weight excluding hydrogens is 268 g/mol. The second-order valence-corrected chi connectivity index (χ2v) is 6.71. The molecule has 1 fully saturated rings. The van der Waals surface area contributed by atoms with Crippen LogP contribution in [0.5, 0.6) is 0 Å². The maximum atomic E-state index is 4.67. The van der Waals surface area contributed by atoms with Gasteiger partial charge in [0.25, 0.3) is 0 Å². The van der Waals surface area contributed by atoms with Crippen molar-refractivity contribution >= 4 is 17.3 Å². The molecule has 0 aromatic carbocycles. The molecule has 0 unspecified atom stereocenters. The topological polar surface area (TPSA) is 49.3 Å². The molecular formula is C15H26N4S. The molecule has 20 heavy (non-hydrogen) atoms. The Morgan fingerprint density at radius 2 is 2.05 bits per heavy atom. The summed E-state index contributed by atoms with van der Waals surface area (Å²) in [4.78, 5) is 10.5. The highest BCUT2D eigenvalue weighted by molar-refractivity contribution is 7.11. The fourth-order valence-electron chi connectivity index (χ4n) is 2.51. The van der Waals surface area contributed by atoms with Crippen LogP contribution in [0.15, 0.2) is 4.99 Å². The van der Waals surface area contributed by atoms with E-state index in [9.17, 15) is 0 Å². The second-order valence-electron chi connectivity index (χ2n) is 5.42. The number of rotatable bonds is 4. The first-order valence-electron chi connectivity index (χ1n) is 7.66. The Hall–Kier alpha value is -1.10. The summed E-state index contributed by atoms with van der Waals surface area (Å²) in [5.74, 6) is 0.935. The van der Waals surface area contributed by atoms with Crippen LogP contribution in [0, 0.1) is 13.8 Å². The van der Waals surface area contributed by atoms with Crippen LogP contribution in [0.4, 0.5) is 0 Å². The van der Waals surface area contributed by atoms with Gasteiger partial charge in [0.1, 0.15) is 5.01 Å². The van der Waals surface area contributed by atoms with Crippen LogP contribution in [0.2, 0.25) is 0 Å². The second kappa shape index (κ2) is 7.62. The smallest absolute Gasteiger partial charge is 0.191 e. The molecule has 2 N–H and O–H groups in total. The molecule has 0 amide bonds. The van der Waals surface area contributed by atoms with E-state index in [1.807, 2.05) is 0 Å². The van der Waals surface area contributed by atoms with Gasteiger partial charge in [-0.15, -0.1) is 11.3 Å². The lowest BCUT2D eigenvalue weighted by atomic mass is 9.96. The lowest BCUT2D eigenvalue weighted by Gasteiger charge is -2.24. The van der Waals surface area contributed by atoms with Gasteiger partial charge in [-0.1, -0.05) is 19.3 Å². The normalized spacial score (nSPS) is 17.2. The molecule has 0 bridgehead atoms. The van der Waals surface area contributed by atoms with Gasteiger partial charge in [0.2, 0.25) is 0 Å². The molecule has 0 aliphatic heterocycles. The number of nitrogens with one attached hydrogen (secondary N) is 2. The largest absolute Gasteiger partial charge is 0.357 e. The number of nitrogens with zero attached hydrogens (tertiary/aromatic N) is 2. The summed E-state index contributed by atoms with van der Waals surface area (Å²) in [6.07, 6.45) is 6.58. The molecule has 2 rings (SSSR count). The predicted octanol–water partition coefficient (Wildman–Crippen LogP) is 3.15. The van der Waals surface area contributed by atoms with Crippen molar-refractivity contribution in [1.29, 1.82) is 0 Å². The molecule has 0 saturated heterocycles. The minimum absolute atomic E-state index is 0.585. The third-order valence-corrected chi connectivity index (χ3v) is 4.79. The minimum atomic E-state index is 0.585. The van der Waals surface area contributed by atoms with Crippen molar-refractivity contribution < 1.29 is 0 Å². The highest BCUT2D eigenvalue weighted by Gasteiger charge is 2.14. The zero-order valence-corrected chi connectivity index (χ0v) is 13.6. The summed E-state index contributed by atoms with van der Waals surface area (Å²) in [6.45, 7) is 7.85. The third-order valence-electron chi connectivity index (χ3n) is 3.74. The van der Waals surface area contributed by atoms with Crippen LogP contribution >= 0.6 is 11.3 Å². The maximum Gasteiger partial charge on any atom is 0.191 e. The molecule has 1 heterocycles. The summed E-state index contributed by atoms with van der Waals surface area (Å²) in [6, 6.07) is 0.585. The van der Waals surface area contributed by atoms with Gasteiger partial charge in [0.15, 0.2) is 5.96 Å². The van der Waals surface area contributed by atoms with E-state index in [0.717, 1.165) is 23.2 Å². The van der Waals surface area contributed by atoms with Crippen molar-refractivity contribution in [2.24, 2.45) is 4.99 Å². The van der Waals surface area contributed by atoms with Crippen LogP contribution < -0.4 is 10.6 Å². The lowest BCUT2D eigenvalue weighted by molar-refractivity contribution is 0.410. The lowest BCUT2D eigenvalue weighted by Crippen LogP contribution is -2.44. The van der Waals surface area contributed by atoms with Gasteiger partial charge in [-0.2, -0.15) is 0 Å². The van der Waals surface area contributed by atoms with E-state index in [1.54, 1.807) is 11.3 Å². The average Bonchev–Trinajstić information content (AvgIpc) is 2.77. The van der Waals surface area contributed by atoms with Crippen molar-refractivity contribution in [3.8, 4) is 0 Å². The fourth-order valence-corrected chi connectivity index (χ4v) is 3.37. The van der Waals surface area contributed by atoms with Gasteiger partial charge in [0, 0.05) is 17.5 Å². The summed E-state index contributed by atoms with van der Waals surface area (Å²) < 4.78 is 0. The van der Waals surface area contributed by atoms with E-state index in [0.29, 0.717) is 12.6 Å². The minimum Gasteiger partial charge on any atom is -0.357 e. The predicted molar refractivity (Wildman–Crippen MR) is 86.4 cm³/mol. The Labute approximate surface area is 126 Å². The zero-order chi connectivity index (χ0) is 14.4. The van der Waals surface area contributed by atoms with Gasteiger partial charge in [-0.3, -0.25) is 0 Å². The number of aromatic nitrogens is 1. The quantitative estimate of drug-likeness (QED) is 0.662. The highest BCUT2D eigenvalue weighted by Crippen LogP contribution is 2.18. The van der Waals surface area contributed by atoms with Crippen molar-refractivity contribution in [3.05, 3.63) is 15.6 Å². The van der Waals surface area contributed by atoms with E-state index in [4.69, 9.17) is 0 Å². The number of hydrogen-bond acceptors (Lipinski definition) is 3. The first kappa shape index (κ1) is 15.3. The molecule has 5 heteroatoms. The average molecular weight is 294 g/mol. The Morgan fingerprint density at radius 3 is 2.65 bits per heavy atom. The van der Waals surface area contributed by atoms with E-state index in [1.165, 1.54) is 37.0 Å². The Morgan fingerprint density at radius 1 is 1.30 bits per heavy atom. The van der Waals surface area contributed by atoms with Gasteiger partial charge in [-0.05, 0) is 33.6 Å². The monoisotopic (exact) mass is 294 g/mol. The molecule has 0 spiro atoms. The van der Waals surface area contributed by atoms with Crippen LogP contribution in [-0.2, 0) is 6.54 Å². The summed E-state index contributed by atoms with van der Waals surface area (Å²) in [7, 11) is 0. The Kier molecular flexibility index (Phi) is 5.83. The molecule has 0 radical (unpaired) electrons. The Balaban J connectivity index is 1.93. The molecule has 1 aliphatic rings. The highest BCUT2D eigenvalue weighted by atomic mass is 32.1. The van der Waals surface area contributed by atoms with Crippen molar-refractivity contribution in [2.75, 3.05) is 6.54 Å². The van der Waals surface area contributed by atoms with Crippen molar-refractivity contribution in [3.63, 3.8) is 0 Å². The number of aliphatic imine (C=N–C) groups is 1. The first-order chi connectivity index (χ1) is 9.69. The van der Waals surface area contributed by atoms with Gasteiger partial charge in [-0.25, -0.2) is 9.98 Å². The SMILES string of the molecule is CCNC(=NCc1nc(C)c(C)s1)NC1CCCCC1. The van der Waals surface area contributed by atoms with Crippen molar-refractivity contribution in [1.82, 2.24) is 15.6 Å². The van der Waals surface area contributed by atoms with E-state index in [-0.39, 0.29) is 0 Å². The van der Waals surface area contributed by atoms with E-state index in [2.05, 4.69) is 41.4 Å². The first-order valence-corrected chi connectivity index (χ1v) is 8.48. The molecule has 1 aromatic heterocycles. The third kappa shape index (κ3) is 4.47. The van der Waals surface area contributed by atoms with Crippen molar-refractivity contribution in [2.45, 2.75) is 65.5 Å². The zero-order valence-electron chi connectivity index (χ0n) is 12.8. The molecule has 1 aliphatic carbocycles. The summed E-state index contributed by atoms with van der Waals surface area (Å²) in [5, 5.41) is 8.00. The fraction of sp³-hybridized carbons (Fsp3) is 0.733. The molecule has 0 atom stereocenters. The van der Waals surface area contributed by atoms with Crippen LogP contribution in [0.25, 0.3) is 0 Å². The van der Waals surface area contributed by atoms with Gasteiger partial charge in [0.05, 0.1) is 12.2 Å². The van der Waals surface area contributed by atoms with Crippen LogP contribution in [0.3, 0.4) is 0 Å². The summed E-state index contributed by atoms with van der Waals surface area (Å²) >= 11 is 1.75.